The lowest BCUT2D eigenvalue weighted by Gasteiger charge is -2.29. The first-order chi connectivity index (χ1) is 15.8. The first kappa shape index (κ1) is 20.7. The van der Waals surface area contributed by atoms with Gasteiger partial charge in [-0.2, -0.15) is 5.10 Å². The molecule has 7 heteroatoms. The molecule has 166 valence electrons. The van der Waals surface area contributed by atoms with E-state index in [1.807, 2.05) is 59.5 Å². The van der Waals surface area contributed by atoms with Crippen LogP contribution in [0.4, 0.5) is 0 Å². The Balaban J connectivity index is 1.46. The van der Waals surface area contributed by atoms with Crippen LogP contribution in [0.3, 0.4) is 0 Å². The fourth-order valence-corrected chi connectivity index (χ4v) is 4.67. The third kappa shape index (κ3) is 3.89. The van der Waals surface area contributed by atoms with Crippen molar-refractivity contribution in [2.45, 2.75) is 12.5 Å². The van der Waals surface area contributed by atoms with Crippen molar-refractivity contribution in [1.29, 1.82) is 0 Å². The van der Waals surface area contributed by atoms with E-state index in [9.17, 15) is 4.79 Å². The van der Waals surface area contributed by atoms with Crippen LogP contribution in [-0.2, 0) is 4.74 Å². The number of aromatic amines is 1. The van der Waals surface area contributed by atoms with Crippen molar-refractivity contribution >= 4 is 5.91 Å². The summed E-state index contributed by atoms with van der Waals surface area (Å²) in [7, 11) is 1.66. The van der Waals surface area contributed by atoms with Crippen molar-refractivity contribution in [3.8, 4) is 17.0 Å². The number of ether oxygens (including phenoxy) is 2. The molecule has 1 fully saturated rings. The SMILES string of the molecule is COc1ccc(C2c3c(-c4ccccc4)n[nH]c3C(=O)N2CCCN2CCOCC2)cc1. The van der Waals surface area contributed by atoms with Crippen LogP contribution in [0.25, 0.3) is 11.3 Å². The Morgan fingerprint density at radius 2 is 1.81 bits per heavy atom. The lowest BCUT2D eigenvalue weighted by molar-refractivity contribution is 0.0354. The fraction of sp³-hybridized carbons (Fsp3) is 0.360. The van der Waals surface area contributed by atoms with Crippen LogP contribution in [0.15, 0.2) is 54.6 Å². The highest BCUT2D eigenvalue weighted by atomic mass is 16.5. The molecular weight excluding hydrogens is 404 g/mol. The number of rotatable bonds is 7. The molecule has 1 saturated heterocycles. The minimum absolute atomic E-state index is 0.0116. The first-order valence-corrected chi connectivity index (χ1v) is 11.1. The van der Waals surface area contributed by atoms with Gasteiger partial charge in [0.1, 0.15) is 11.4 Å². The van der Waals surface area contributed by atoms with E-state index in [2.05, 4.69) is 15.1 Å². The van der Waals surface area contributed by atoms with Gasteiger partial charge in [-0.15, -0.1) is 0 Å². The Morgan fingerprint density at radius 1 is 1.06 bits per heavy atom. The summed E-state index contributed by atoms with van der Waals surface area (Å²) in [4.78, 5) is 17.8. The van der Waals surface area contributed by atoms with E-state index < -0.39 is 0 Å². The Morgan fingerprint density at radius 3 is 2.53 bits per heavy atom. The molecule has 3 heterocycles. The zero-order chi connectivity index (χ0) is 21.9. The normalized spacial score (nSPS) is 18.7. The first-order valence-electron chi connectivity index (χ1n) is 11.1. The molecule has 0 saturated carbocycles. The molecule has 1 aromatic heterocycles. The van der Waals surface area contributed by atoms with E-state index in [0.717, 1.165) is 67.4 Å². The van der Waals surface area contributed by atoms with Crippen molar-refractivity contribution in [2.75, 3.05) is 46.5 Å². The molecule has 7 nitrogen and oxygen atoms in total. The summed E-state index contributed by atoms with van der Waals surface area (Å²) < 4.78 is 10.8. The minimum atomic E-state index is -0.179. The number of aromatic nitrogens is 2. The van der Waals surface area contributed by atoms with E-state index in [0.29, 0.717) is 12.2 Å². The van der Waals surface area contributed by atoms with E-state index in [1.165, 1.54) is 0 Å². The van der Waals surface area contributed by atoms with Gasteiger partial charge >= 0.3 is 0 Å². The maximum atomic E-state index is 13.4. The third-order valence-electron chi connectivity index (χ3n) is 6.32. The van der Waals surface area contributed by atoms with Crippen LogP contribution in [0.5, 0.6) is 5.75 Å². The minimum Gasteiger partial charge on any atom is -0.497 e. The molecule has 5 rings (SSSR count). The van der Waals surface area contributed by atoms with Crippen molar-refractivity contribution in [3.63, 3.8) is 0 Å². The molecule has 2 aliphatic rings. The number of carbonyl (C=O) groups excluding carboxylic acids is 1. The van der Waals surface area contributed by atoms with Gasteiger partial charge < -0.3 is 14.4 Å². The second kappa shape index (κ2) is 9.14. The largest absolute Gasteiger partial charge is 0.497 e. The molecule has 1 amide bonds. The number of hydrogen-bond donors (Lipinski definition) is 1. The number of fused-ring (bicyclic) bond motifs is 1. The summed E-state index contributed by atoms with van der Waals surface area (Å²) in [6, 6.07) is 17.9. The van der Waals surface area contributed by atoms with E-state index in [1.54, 1.807) is 7.11 Å². The van der Waals surface area contributed by atoms with Crippen LogP contribution >= 0.6 is 0 Å². The predicted molar refractivity (Wildman–Crippen MR) is 122 cm³/mol. The van der Waals surface area contributed by atoms with Crippen LogP contribution in [0.1, 0.15) is 34.1 Å². The summed E-state index contributed by atoms with van der Waals surface area (Å²) in [5.41, 5.74) is 4.45. The molecule has 3 aromatic rings. The highest BCUT2D eigenvalue weighted by Gasteiger charge is 2.41. The molecule has 0 spiro atoms. The summed E-state index contributed by atoms with van der Waals surface area (Å²) in [5.74, 6) is 0.810. The fourth-order valence-electron chi connectivity index (χ4n) is 4.67. The average Bonchev–Trinajstić information content (AvgIpc) is 3.40. The molecule has 2 aliphatic heterocycles. The molecular formula is C25H28N4O3. The zero-order valence-electron chi connectivity index (χ0n) is 18.3. The smallest absolute Gasteiger partial charge is 0.273 e. The molecule has 0 aliphatic carbocycles. The Kier molecular flexibility index (Phi) is 5.92. The molecule has 1 unspecified atom stereocenters. The Bertz CT molecular complexity index is 1060. The lowest BCUT2D eigenvalue weighted by atomic mass is 9.96. The van der Waals surface area contributed by atoms with Gasteiger partial charge in [0, 0.05) is 37.3 Å². The number of morpholine rings is 1. The number of benzene rings is 2. The number of hydrogen-bond acceptors (Lipinski definition) is 5. The molecule has 1 atom stereocenters. The second-order valence-corrected chi connectivity index (χ2v) is 8.21. The van der Waals surface area contributed by atoms with E-state index in [4.69, 9.17) is 9.47 Å². The van der Waals surface area contributed by atoms with Crippen molar-refractivity contribution in [1.82, 2.24) is 20.0 Å². The average molecular weight is 433 g/mol. The zero-order valence-corrected chi connectivity index (χ0v) is 18.3. The molecule has 0 bridgehead atoms. The topological polar surface area (TPSA) is 70.7 Å². The van der Waals surface area contributed by atoms with Crippen LogP contribution in [0, 0.1) is 0 Å². The number of methoxy groups -OCH3 is 1. The van der Waals surface area contributed by atoms with Gasteiger partial charge in [0.2, 0.25) is 0 Å². The van der Waals surface area contributed by atoms with Gasteiger partial charge in [0.25, 0.3) is 5.91 Å². The summed E-state index contributed by atoms with van der Waals surface area (Å²) in [6.45, 7) is 5.12. The number of carbonyl (C=O) groups is 1. The predicted octanol–water partition coefficient (Wildman–Crippen LogP) is 3.35. The van der Waals surface area contributed by atoms with Gasteiger partial charge in [-0.1, -0.05) is 42.5 Å². The Labute approximate surface area is 187 Å². The number of nitrogens with one attached hydrogen (secondary N) is 1. The molecule has 0 radical (unpaired) electrons. The molecule has 2 aromatic carbocycles. The summed E-state index contributed by atoms with van der Waals surface area (Å²) in [6.07, 6.45) is 0.913. The van der Waals surface area contributed by atoms with Crippen molar-refractivity contribution < 1.29 is 14.3 Å². The quantitative estimate of drug-likeness (QED) is 0.620. The summed E-state index contributed by atoms with van der Waals surface area (Å²) in [5, 5.41) is 7.57. The maximum absolute atomic E-state index is 13.4. The lowest BCUT2D eigenvalue weighted by Crippen LogP contribution is -2.38. The van der Waals surface area contributed by atoms with Crippen molar-refractivity contribution in [3.05, 3.63) is 71.4 Å². The molecule has 1 N–H and O–H groups in total. The van der Waals surface area contributed by atoms with Gasteiger partial charge in [0.15, 0.2) is 0 Å². The summed E-state index contributed by atoms with van der Waals surface area (Å²) >= 11 is 0. The van der Waals surface area contributed by atoms with Crippen LogP contribution in [-0.4, -0.2) is 72.4 Å². The second-order valence-electron chi connectivity index (χ2n) is 8.21. The van der Waals surface area contributed by atoms with E-state index in [-0.39, 0.29) is 11.9 Å². The third-order valence-corrected chi connectivity index (χ3v) is 6.32. The molecule has 32 heavy (non-hydrogen) atoms. The van der Waals surface area contributed by atoms with Crippen LogP contribution < -0.4 is 4.74 Å². The van der Waals surface area contributed by atoms with Gasteiger partial charge in [-0.25, -0.2) is 0 Å². The van der Waals surface area contributed by atoms with Gasteiger partial charge in [-0.3, -0.25) is 14.8 Å². The maximum Gasteiger partial charge on any atom is 0.273 e. The monoisotopic (exact) mass is 432 g/mol. The Hall–Kier alpha value is -3.16. The van der Waals surface area contributed by atoms with E-state index >= 15 is 0 Å². The number of H-pyrrole nitrogens is 1. The van der Waals surface area contributed by atoms with Gasteiger partial charge in [-0.05, 0) is 24.1 Å². The van der Waals surface area contributed by atoms with Crippen molar-refractivity contribution in [2.24, 2.45) is 0 Å². The number of amides is 1. The standard InChI is InChI=1S/C25H28N4O3/c1-31-20-10-8-19(9-11-20)24-21-22(18-6-3-2-4-7-18)26-27-23(21)25(30)29(24)13-5-12-28-14-16-32-17-15-28/h2-4,6-11,24H,5,12-17H2,1H3,(H,26,27). The van der Waals surface area contributed by atoms with Crippen LogP contribution in [0.2, 0.25) is 0 Å². The van der Waals surface area contributed by atoms with Gasteiger partial charge in [0.05, 0.1) is 32.1 Å². The highest BCUT2D eigenvalue weighted by Crippen LogP contribution is 2.43. The highest BCUT2D eigenvalue weighted by molar-refractivity contribution is 6.00. The number of nitrogens with zero attached hydrogens (tertiary/aromatic N) is 3.